The van der Waals surface area contributed by atoms with Crippen LogP contribution in [0.4, 0.5) is 4.79 Å². The molecule has 0 heterocycles. The third-order valence-corrected chi connectivity index (χ3v) is 3.07. The second kappa shape index (κ2) is 6.47. The summed E-state index contributed by atoms with van der Waals surface area (Å²) < 4.78 is 0. The molecule has 0 aromatic rings. The van der Waals surface area contributed by atoms with Crippen molar-refractivity contribution >= 4 is 12.0 Å². The maximum atomic E-state index is 11.6. The smallest absolute Gasteiger partial charge is 0.315 e. The minimum Gasteiger partial charge on any atom is -0.481 e. The highest BCUT2D eigenvalue weighted by molar-refractivity contribution is 5.76. The quantitative estimate of drug-likeness (QED) is 0.659. The topological polar surface area (TPSA) is 78.4 Å². The van der Waals surface area contributed by atoms with E-state index in [0.29, 0.717) is 6.42 Å². The van der Waals surface area contributed by atoms with Gasteiger partial charge in [-0.15, -0.1) is 0 Å². The Labute approximate surface area is 102 Å². The molecule has 0 aliphatic heterocycles. The number of carboxylic acid groups (broad SMARTS) is 1. The van der Waals surface area contributed by atoms with Crippen LogP contribution in [0.2, 0.25) is 0 Å². The summed E-state index contributed by atoms with van der Waals surface area (Å²) in [5.74, 6) is -1.25. The highest BCUT2D eigenvalue weighted by Crippen LogP contribution is 2.23. The molecule has 2 atom stereocenters. The first kappa shape index (κ1) is 13.8. The summed E-state index contributed by atoms with van der Waals surface area (Å²) in [4.78, 5) is 22.7. The zero-order chi connectivity index (χ0) is 12.8. The number of amides is 2. The molecule has 3 N–H and O–H groups in total. The van der Waals surface area contributed by atoms with Crippen LogP contribution < -0.4 is 10.6 Å². The van der Waals surface area contributed by atoms with Gasteiger partial charge in [0.15, 0.2) is 0 Å². The Morgan fingerprint density at radius 1 is 1.18 bits per heavy atom. The zero-order valence-corrected chi connectivity index (χ0v) is 10.5. The van der Waals surface area contributed by atoms with Gasteiger partial charge in [0.1, 0.15) is 0 Å². The Hall–Kier alpha value is -1.26. The average molecular weight is 242 g/mol. The second-order valence-corrected chi connectivity index (χ2v) is 4.96. The fraction of sp³-hybridized carbons (Fsp3) is 0.833. The second-order valence-electron chi connectivity index (χ2n) is 4.96. The molecule has 98 valence electrons. The first-order chi connectivity index (χ1) is 8.00. The Kier molecular flexibility index (Phi) is 5.25. The summed E-state index contributed by atoms with van der Waals surface area (Å²) in [5.41, 5.74) is 0. The molecule has 17 heavy (non-hydrogen) atoms. The van der Waals surface area contributed by atoms with Crippen LogP contribution in [0, 0.1) is 5.92 Å². The molecule has 1 aliphatic rings. The Bertz CT molecular complexity index is 279. The van der Waals surface area contributed by atoms with Crippen LogP contribution in [-0.2, 0) is 4.79 Å². The SMILES string of the molecule is CC(C)NC(=O)NC1CCCCCC1C(=O)O. The molecule has 0 saturated heterocycles. The van der Waals surface area contributed by atoms with E-state index in [9.17, 15) is 9.59 Å². The molecule has 5 heteroatoms. The summed E-state index contributed by atoms with van der Waals surface area (Å²) in [6.07, 6.45) is 4.37. The van der Waals surface area contributed by atoms with Crippen molar-refractivity contribution in [2.75, 3.05) is 0 Å². The highest BCUT2D eigenvalue weighted by atomic mass is 16.4. The molecule has 1 aliphatic carbocycles. The van der Waals surface area contributed by atoms with Crippen LogP contribution in [0.25, 0.3) is 0 Å². The van der Waals surface area contributed by atoms with Gasteiger partial charge in [-0.3, -0.25) is 4.79 Å². The Morgan fingerprint density at radius 2 is 1.82 bits per heavy atom. The van der Waals surface area contributed by atoms with Gasteiger partial charge in [-0.2, -0.15) is 0 Å². The lowest BCUT2D eigenvalue weighted by atomic mass is 9.95. The third-order valence-electron chi connectivity index (χ3n) is 3.07. The summed E-state index contributed by atoms with van der Waals surface area (Å²) in [6.45, 7) is 3.75. The van der Waals surface area contributed by atoms with Gasteiger partial charge in [0.05, 0.1) is 5.92 Å². The molecule has 2 amide bonds. The van der Waals surface area contributed by atoms with Gasteiger partial charge in [-0.25, -0.2) is 4.79 Å². The van der Waals surface area contributed by atoms with E-state index < -0.39 is 11.9 Å². The van der Waals surface area contributed by atoms with E-state index in [0.717, 1.165) is 25.7 Å². The van der Waals surface area contributed by atoms with Crippen LogP contribution in [0.5, 0.6) is 0 Å². The molecular weight excluding hydrogens is 220 g/mol. The van der Waals surface area contributed by atoms with E-state index in [4.69, 9.17) is 5.11 Å². The molecule has 0 bridgehead atoms. The first-order valence-electron chi connectivity index (χ1n) is 6.30. The standard InChI is InChI=1S/C12H22N2O3/c1-8(2)13-12(17)14-10-7-5-3-4-6-9(10)11(15)16/h8-10H,3-7H2,1-2H3,(H,15,16)(H2,13,14,17). The van der Waals surface area contributed by atoms with Crippen molar-refractivity contribution in [2.24, 2.45) is 5.92 Å². The van der Waals surface area contributed by atoms with Crippen LogP contribution in [-0.4, -0.2) is 29.2 Å². The molecule has 0 radical (unpaired) electrons. The van der Waals surface area contributed by atoms with Crippen molar-refractivity contribution in [3.05, 3.63) is 0 Å². The van der Waals surface area contributed by atoms with Crippen LogP contribution in [0.15, 0.2) is 0 Å². The van der Waals surface area contributed by atoms with Gasteiger partial charge >= 0.3 is 12.0 Å². The fourth-order valence-electron chi connectivity index (χ4n) is 2.25. The molecule has 1 fully saturated rings. The van der Waals surface area contributed by atoms with Gasteiger partial charge in [0.25, 0.3) is 0 Å². The molecule has 1 rings (SSSR count). The molecule has 0 spiro atoms. The molecule has 5 nitrogen and oxygen atoms in total. The maximum absolute atomic E-state index is 11.6. The van der Waals surface area contributed by atoms with E-state index in [1.54, 1.807) is 0 Å². The minimum atomic E-state index is -0.804. The number of hydrogen-bond acceptors (Lipinski definition) is 2. The zero-order valence-electron chi connectivity index (χ0n) is 10.5. The number of aliphatic carboxylic acids is 1. The predicted octanol–water partition coefficient (Wildman–Crippen LogP) is 1.73. The normalized spacial score (nSPS) is 25.1. The lowest BCUT2D eigenvalue weighted by Gasteiger charge is -2.23. The van der Waals surface area contributed by atoms with Crippen molar-refractivity contribution in [1.82, 2.24) is 10.6 Å². The summed E-state index contributed by atoms with van der Waals surface area (Å²) >= 11 is 0. The van der Waals surface area contributed by atoms with E-state index >= 15 is 0 Å². The van der Waals surface area contributed by atoms with Crippen molar-refractivity contribution < 1.29 is 14.7 Å². The Balaban J connectivity index is 2.57. The van der Waals surface area contributed by atoms with Crippen molar-refractivity contribution in [2.45, 2.75) is 58.0 Å². The number of carboxylic acids is 1. The van der Waals surface area contributed by atoms with Gasteiger partial charge < -0.3 is 15.7 Å². The van der Waals surface area contributed by atoms with Crippen LogP contribution in [0.1, 0.15) is 46.0 Å². The predicted molar refractivity (Wildman–Crippen MR) is 64.8 cm³/mol. The Morgan fingerprint density at radius 3 is 2.41 bits per heavy atom. The average Bonchev–Trinajstić information content (AvgIpc) is 2.41. The highest BCUT2D eigenvalue weighted by Gasteiger charge is 2.30. The van der Waals surface area contributed by atoms with Crippen LogP contribution >= 0.6 is 0 Å². The van der Waals surface area contributed by atoms with Crippen molar-refractivity contribution in [3.63, 3.8) is 0 Å². The number of hydrogen-bond donors (Lipinski definition) is 3. The minimum absolute atomic E-state index is 0.0593. The van der Waals surface area contributed by atoms with Crippen molar-refractivity contribution in [1.29, 1.82) is 0 Å². The van der Waals surface area contributed by atoms with Gasteiger partial charge in [-0.05, 0) is 26.7 Å². The van der Waals surface area contributed by atoms with Crippen LogP contribution in [0.3, 0.4) is 0 Å². The summed E-state index contributed by atoms with van der Waals surface area (Å²) in [6, 6.07) is -0.448. The van der Waals surface area contributed by atoms with E-state index in [1.807, 2.05) is 13.8 Å². The largest absolute Gasteiger partial charge is 0.481 e. The third kappa shape index (κ3) is 4.63. The van der Waals surface area contributed by atoms with Gasteiger partial charge in [-0.1, -0.05) is 19.3 Å². The van der Waals surface area contributed by atoms with Gasteiger partial charge in [0, 0.05) is 12.1 Å². The van der Waals surface area contributed by atoms with E-state index in [1.165, 1.54) is 0 Å². The summed E-state index contributed by atoms with van der Waals surface area (Å²) in [7, 11) is 0. The number of urea groups is 1. The molecule has 0 aromatic heterocycles. The molecule has 1 saturated carbocycles. The molecule has 0 aromatic carbocycles. The molecular formula is C12H22N2O3. The van der Waals surface area contributed by atoms with E-state index in [-0.39, 0.29) is 18.1 Å². The van der Waals surface area contributed by atoms with Crippen molar-refractivity contribution in [3.8, 4) is 0 Å². The number of carbonyl (C=O) groups is 2. The fourth-order valence-corrected chi connectivity index (χ4v) is 2.25. The van der Waals surface area contributed by atoms with Gasteiger partial charge in [0.2, 0.25) is 0 Å². The lowest BCUT2D eigenvalue weighted by molar-refractivity contribution is -0.142. The lowest BCUT2D eigenvalue weighted by Crippen LogP contribution is -2.48. The maximum Gasteiger partial charge on any atom is 0.315 e. The summed E-state index contributed by atoms with van der Waals surface area (Å²) in [5, 5.41) is 14.7. The molecule has 2 unspecified atom stereocenters. The number of carbonyl (C=O) groups excluding carboxylic acids is 1. The number of rotatable bonds is 3. The number of nitrogens with one attached hydrogen (secondary N) is 2. The monoisotopic (exact) mass is 242 g/mol. The first-order valence-corrected chi connectivity index (χ1v) is 6.30. The van der Waals surface area contributed by atoms with E-state index in [2.05, 4.69) is 10.6 Å².